The van der Waals surface area contributed by atoms with Crippen molar-refractivity contribution in [2.75, 3.05) is 24.5 Å². The van der Waals surface area contributed by atoms with E-state index in [1.165, 1.54) is 57.1 Å². The first-order valence-corrected chi connectivity index (χ1v) is 10.6. The second-order valence-corrected chi connectivity index (χ2v) is 8.70. The number of fused-ring (bicyclic) bond motifs is 1. The van der Waals surface area contributed by atoms with Crippen LogP contribution in [0.4, 0.5) is 10.5 Å². The molecule has 5 rings (SSSR count). The maximum absolute atomic E-state index is 12.1. The lowest BCUT2D eigenvalue weighted by molar-refractivity contribution is -0.120. The molecule has 148 valence electrons. The molecule has 2 N–H and O–H groups in total. The van der Waals surface area contributed by atoms with Crippen molar-refractivity contribution in [1.82, 2.24) is 15.2 Å². The second kappa shape index (κ2) is 6.92. The molecule has 6 nitrogen and oxygen atoms in total. The number of carbonyl (C=O) groups excluding carboxylic acids is 2. The fourth-order valence-corrected chi connectivity index (χ4v) is 5.40. The van der Waals surface area contributed by atoms with Crippen LogP contribution in [-0.2, 0) is 4.79 Å². The average molecular weight is 380 g/mol. The van der Waals surface area contributed by atoms with E-state index in [-0.39, 0.29) is 11.9 Å². The summed E-state index contributed by atoms with van der Waals surface area (Å²) in [5, 5.41) is 7.06. The number of hydrogen-bond acceptors (Lipinski definition) is 3. The lowest BCUT2D eigenvalue weighted by atomic mass is 9.67. The van der Waals surface area contributed by atoms with E-state index in [1.54, 1.807) is 4.90 Å². The highest BCUT2D eigenvalue weighted by Gasteiger charge is 2.36. The standard InChI is InChI=1S/C22H28N4O2/c27-20-6-14-26(21(28)24-20)18-1-2-19-16(15-18)5-13-25(19)17-3-7-22(8-4-17)9-11-23-12-10-22/h1-2,5,13,15,17,23H,3-4,6-12,14H2,(H,24,27,28). The molecule has 3 fully saturated rings. The van der Waals surface area contributed by atoms with E-state index in [0.717, 1.165) is 11.1 Å². The lowest BCUT2D eigenvalue weighted by Gasteiger charge is -2.43. The molecule has 0 bridgehead atoms. The molecule has 2 saturated heterocycles. The third kappa shape index (κ3) is 3.09. The number of carbonyl (C=O) groups is 2. The first-order chi connectivity index (χ1) is 13.6. The van der Waals surface area contributed by atoms with Gasteiger partial charge in [0.15, 0.2) is 0 Å². The van der Waals surface area contributed by atoms with Gasteiger partial charge in [-0.3, -0.25) is 15.0 Å². The van der Waals surface area contributed by atoms with Crippen LogP contribution in [0.5, 0.6) is 0 Å². The Hall–Kier alpha value is -2.34. The van der Waals surface area contributed by atoms with Gasteiger partial charge in [-0.05, 0) is 81.3 Å². The quantitative estimate of drug-likeness (QED) is 0.837. The number of benzene rings is 1. The minimum atomic E-state index is -0.324. The summed E-state index contributed by atoms with van der Waals surface area (Å²) in [6.45, 7) is 2.79. The molecule has 28 heavy (non-hydrogen) atoms. The molecule has 3 heterocycles. The van der Waals surface area contributed by atoms with Crippen LogP contribution in [0.3, 0.4) is 0 Å². The summed E-state index contributed by atoms with van der Waals surface area (Å²) in [5.74, 6) is -0.197. The van der Waals surface area contributed by atoms with Crippen molar-refractivity contribution in [3.8, 4) is 0 Å². The van der Waals surface area contributed by atoms with Gasteiger partial charge >= 0.3 is 6.03 Å². The van der Waals surface area contributed by atoms with Crippen LogP contribution >= 0.6 is 0 Å². The van der Waals surface area contributed by atoms with E-state index in [0.29, 0.717) is 24.4 Å². The van der Waals surface area contributed by atoms with Gasteiger partial charge in [0, 0.05) is 41.8 Å². The molecule has 1 aliphatic carbocycles. The predicted octanol–water partition coefficient (Wildman–Crippen LogP) is 3.57. The number of aromatic nitrogens is 1. The molecule has 1 saturated carbocycles. The molecule has 0 radical (unpaired) electrons. The van der Waals surface area contributed by atoms with Gasteiger partial charge in [0.25, 0.3) is 0 Å². The number of hydrogen-bond donors (Lipinski definition) is 2. The van der Waals surface area contributed by atoms with Crippen molar-refractivity contribution in [3.05, 3.63) is 30.5 Å². The Morgan fingerprint density at radius 1 is 1.00 bits per heavy atom. The maximum atomic E-state index is 12.1. The summed E-state index contributed by atoms with van der Waals surface area (Å²) in [5.41, 5.74) is 2.67. The summed E-state index contributed by atoms with van der Waals surface area (Å²) < 4.78 is 2.44. The Bertz CT molecular complexity index is 902. The minimum Gasteiger partial charge on any atom is -0.344 e. The zero-order valence-electron chi connectivity index (χ0n) is 16.2. The zero-order valence-corrected chi connectivity index (χ0v) is 16.2. The Morgan fingerprint density at radius 3 is 2.54 bits per heavy atom. The Labute approximate surface area is 165 Å². The summed E-state index contributed by atoms with van der Waals surface area (Å²) in [6, 6.07) is 8.60. The Morgan fingerprint density at radius 2 is 1.79 bits per heavy atom. The van der Waals surface area contributed by atoms with Gasteiger partial charge in [-0.15, -0.1) is 0 Å². The van der Waals surface area contributed by atoms with Crippen LogP contribution in [0.25, 0.3) is 10.9 Å². The van der Waals surface area contributed by atoms with Crippen LogP contribution < -0.4 is 15.5 Å². The molecule has 1 aromatic heterocycles. The molecule has 2 aliphatic heterocycles. The summed E-state index contributed by atoms with van der Waals surface area (Å²) >= 11 is 0. The molecule has 0 atom stereocenters. The van der Waals surface area contributed by atoms with E-state index in [1.807, 2.05) is 6.07 Å². The number of urea groups is 1. The van der Waals surface area contributed by atoms with E-state index in [2.05, 4.69) is 39.6 Å². The van der Waals surface area contributed by atoms with E-state index < -0.39 is 0 Å². The number of nitrogens with zero attached hydrogens (tertiary/aromatic N) is 2. The van der Waals surface area contributed by atoms with Gasteiger partial charge < -0.3 is 9.88 Å². The van der Waals surface area contributed by atoms with Gasteiger partial charge in [-0.1, -0.05) is 0 Å². The van der Waals surface area contributed by atoms with Crippen molar-refractivity contribution in [1.29, 1.82) is 0 Å². The van der Waals surface area contributed by atoms with Gasteiger partial charge in [-0.25, -0.2) is 4.79 Å². The maximum Gasteiger partial charge on any atom is 0.328 e. The fraction of sp³-hybridized carbons (Fsp3) is 0.545. The molecular formula is C22H28N4O2. The predicted molar refractivity (Wildman–Crippen MR) is 109 cm³/mol. The lowest BCUT2D eigenvalue weighted by Crippen LogP contribution is -2.49. The zero-order chi connectivity index (χ0) is 19.1. The van der Waals surface area contributed by atoms with E-state index in [4.69, 9.17) is 0 Å². The molecule has 0 unspecified atom stereocenters. The van der Waals surface area contributed by atoms with Crippen LogP contribution in [0.2, 0.25) is 0 Å². The fourth-order valence-electron chi connectivity index (χ4n) is 5.40. The molecule has 1 aromatic carbocycles. The van der Waals surface area contributed by atoms with Crippen LogP contribution in [0, 0.1) is 5.41 Å². The van der Waals surface area contributed by atoms with E-state index >= 15 is 0 Å². The van der Waals surface area contributed by atoms with Crippen LogP contribution in [0.15, 0.2) is 30.5 Å². The highest BCUT2D eigenvalue weighted by molar-refractivity contribution is 6.06. The second-order valence-electron chi connectivity index (χ2n) is 8.70. The van der Waals surface area contributed by atoms with Crippen molar-refractivity contribution in [2.45, 2.75) is 51.0 Å². The van der Waals surface area contributed by atoms with Gasteiger partial charge in [-0.2, -0.15) is 0 Å². The first kappa shape index (κ1) is 17.7. The van der Waals surface area contributed by atoms with Crippen LogP contribution in [0.1, 0.15) is 51.0 Å². The SMILES string of the molecule is O=C1CCN(c2ccc3c(ccn3C3CCC4(CCNCC4)CC3)c2)C(=O)N1. The highest BCUT2D eigenvalue weighted by Crippen LogP contribution is 2.47. The molecular weight excluding hydrogens is 352 g/mol. The van der Waals surface area contributed by atoms with Gasteiger partial charge in [0.05, 0.1) is 0 Å². The number of anilines is 1. The third-order valence-electron chi connectivity index (χ3n) is 7.14. The Balaban J connectivity index is 1.34. The first-order valence-electron chi connectivity index (χ1n) is 10.6. The molecule has 3 amide bonds. The van der Waals surface area contributed by atoms with Crippen molar-refractivity contribution >= 4 is 28.5 Å². The normalized spacial score (nSPS) is 23.4. The summed E-state index contributed by atoms with van der Waals surface area (Å²) in [7, 11) is 0. The summed E-state index contributed by atoms with van der Waals surface area (Å²) in [6.07, 6.45) is 10.4. The van der Waals surface area contributed by atoms with Crippen molar-refractivity contribution in [2.24, 2.45) is 5.41 Å². The van der Waals surface area contributed by atoms with Crippen molar-refractivity contribution < 1.29 is 9.59 Å². The molecule has 6 heteroatoms. The smallest absolute Gasteiger partial charge is 0.328 e. The minimum absolute atomic E-state index is 0.197. The van der Waals surface area contributed by atoms with Gasteiger partial charge in [0.1, 0.15) is 0 Å². The highest BCUT2D eigenvalue weighted by atomic mass is 16.2. The number of piperidine rings is 1. The molecule has 1 spiro atoms. The monoisotopic (exact) mass is 380 g/mol. The third-order valence-corrected chi connectivity index (χ3v) is 7.14. The number of nitrogens with one attached hydrogen (secondary N) is 2. The van der Waals surface area contributed by atoms with E-state index in [9.17, 15) is 9.59 Å². The number of rotatable bonds is 2. The van der Waals surface area contributed by atoms with Crippen LogP contribution in [-0.4, -0.2) is 36.1 Å². The molecule has 3 aliphatic rings. The Kier molecular flexibility index (Phi) is 4.38. The van der Waals surface area contributed by atoms with Gasteiger partial charge in [0.2, 0.25) is 5.91 Å². The average Bonchev–Trinajstić information content (AvgIpc) is 3.12. The topological polar surface area (TPSA) is 66.4 Å². The number of imide groups is 1. The van der Waals surface area contributed by atoms with Crippen molar-refractivity contribution in [3.63, 3.8) is 0 Å². The number of amides is 3. The largest absolute Gasteiger partial charge is 0.344 e. The summed E-state index contributed by atoms with van der Waals surface area (Å²) in [4.78, 5) is 25.2. The molecule has 2 aromatic rings.